The summed E-state index contributed by atoms with van der Waals surface area (Å²) in [4.78, 5) is 26.0. The fourth-order valence-electron chi connectivity index (χ4n) is 12.3. The van der Waals surface area contributed by atoms with Gasteiger partial charge in [0, 0.05) is 26.4 Å². The van der Waals surface area contributed by atoms with Gasteiger partial charge in [0.1, 0.15) is 12.2 Å². The standard InChI is InChI=1S/C34H55NO5/c1-19(2)29(40-30(37)35(8)9)25-16-20(3)28-24(39-25)17-23-22-10-11-26-31(5,6)27(38-21(4)36)12-13-34(26)18-33(22,34)15-14-32(23,28)7/h19-20,22-29H,10-18H2,1-9H3/t20-,22?,23?,24?,25?,26+,27+,28+,29-,32+,33+,34-/m1/s1. The maximum atomic E-state index is 12.5. The minimum absolute atomic E-state index is 0.0294. The van der Waals surface area contributed by atoms with Crippen LogP contribution in [0.4, 0.5) is 4.79 Å². The van der Waals surface area contributed by atoms with E-state index in [1.807, 2.05) is 0 Å². The average molecular weight is 558 g/mol. The van der Waals surface area contributed by atoms with Crippen LogP contribution in [0.15, 0.2) is 0 Å². The number of nitrogens with zero attached hydrogens (tertiary/aromatic N) is 1. The molecule has 12 atom stereocenters. The van der Waals surface area contributed by atoms with E-state index in [2.05, 4.69) is 41.5 Å². The van der Waals surface area contributed by atoms with Gasteiger partial charge < -0.3 is 19.1 Å². The van der Waals surface area contributed by atoms with Crippen molar-refractivity contribution in [2.75, 3.05) is 14.1 Å². The van der Waals surface area contributed by atoms with Crippen molar-refractivity contribution in [3.8, 4) is 0 Å². The van der Waals surface area contributed by atoms with E-state index < -0.39 is 0 Å². The topological polar surface area (TPSA) is 65.1 Å². The van der Waals surface area contributed by atoms with Crippen LogP contribution in [0.25, 0.3) is 0 Å². The Labute approximate surface area is 242 Å². The van der Waals surface area contributed by atoms with Crippen LogP contribution in [0, 0.1) is 57.2 Å². The summed E-state index contributed by atoms with van der Waals surface area (Å²) < 4.78 is 18.9. The predicted molar refractivity (Wildman–Crippen MR) is 154 cm³/mol. The molecule has 0 radical (unpaired) electrons. The lowest BCUT2D eigenvalue weighted by atomic mass is 9.46. The Morgan fingerprint density at radius 1 is 0.950 bits per heavy atom. The van der Waals surface area contributed by atoms with Crippen LogP contribution in [0.1, 0.15) is 106 Å². The molecule has 1 aliphatic heterocycles. The lowest BCUT2D eigenvalue weighted by Gasteiger charge is -2.59. The van der Waals surface area contributed by atoms with Crippen molar-refractivity contribution >= 4 is 12.1 Å². The van der Waals surface area contributed by atoms with Gasteiger partial charge in [-0.3, -0.25) is 4.79 Å². The van der Waals surface area contributed by atoms with Gasteiger partial charge in [-0.15, -0.1) is 0 Å². The molecule has 0 aromatic heterocycles. The van der Waals surface area contributed by atoms with Crippen LogP contribution in [0.5, 0.6) is 0 Å². The normalized spacial score (nSPS) is 49.0. The largest absolute Gasteiger partial charge is 0.462 e. The summed E-state index contributed by atoms with van der Waals surface area (Å²) in [5.41, 5.74) is 1.31. The molecule has 6 aliphatic rings. The third kappa shape index (κ3) is 3.89. The molecule has 0 bridgehead atoms. The molecule has 1 saturated heterocycles. The van der Waals surface area contributed by atoms with Crippen molar-refractivity contribution in [1.82, 2.24) is 4.90 Å². The SMILES string of the molecule is CC(=O)O[C@H]1CC[C@]23C[C@]24CC[C@@]2(C)C(CC5OC([C@H](OC(=O)N(C)C)C(C)C)C[C@@H](C)[C@@H]52)C4CC[C@H]3C1(C)C. The highest BCUT2D eigenvalue weighted by atomic mass is 16.6. The second kappa shape index (κ2) is 9.35. The van der Waals surface area contributed by atoms with E-state index in [1.54, 1.807) is 21.0 Å². The van der Waals surface area contributed by atoms with Crippen LogP contribution in [-0.2, 0) is 19.0 Å². The molecule has 6 heteroatoms. The molecule has 1 heterocycles. The number of carbonyl (C=O) groups is 2. The molecule has 4 unspecified atom stereocenters. The van der Waals surface area contributed by atoms with Crippen molar-refractivity contribution in [2.45, 2.75) is 131 Å². The van der Waals surface area contributed by atoms with Gasteiger partial charge in [0.05, 0.1) is 12.2 Å². The number of ether oxygens (including phenoxy) is 3. The molecule has 5 saturated carbocycles. The van der Waals surface area contributed by atoms with E-state index in [4.69, 9.17) is 14.2 Å². The number of esters is 1. The highest BCUT2D eigenvalue weighted by molar-refractivity contribution is 5.67. The lowest BCUT2D eigenvalue weighted by Crippen LogP contribution is -2.55. The van der Waals surface area contributed by atoms with Gasteiger partial charge in [-0.25, -0.2) is 4.79 Å². The third-order valence-corrected chi connectivity index (χ3v) is 13.8. The first kappa shape index (κ1) is 28.8. The Morgan fingerprint density at radius 3 is 2.33 bits per heavy atom. The molecule has 6 rings (SSSR count). The van der Waals surface area contributed by atoms with Gasteiger partial charge in [0.2, 0.25) is 0 Å². The van der Waals surface area contributed by atoms with Crippen molar-refractivity contribution in [3.63, 3.8) is 0 Å². The summed E-state index contributed by atoms with van der Waals surface area (Å²) in [6, 6.07) is 0. The van der Waals surface area contributed by atoms with Crippen LogP contribution in [0.2, 0.25) is 0 Å². The van der Waals surface area contributed by atoms with Crippen molar-refractivity contribution in [1.29, 1.82) is 0 Å². The van der Waals surface area contributed by atoms with Gasteiger partial charge in [-0.2, -0.15) is 0 Å². The molecule has 2 spiro atoms. The fourth-order valence-corrected chi connectivity index (χ4v) is 12.3. The third-order valence-electron chi connectivity index (χ3n) is 13.8. The summed E-state index contributed by atoms with van der Waals surface area (Å²) in [6.45, 7) is 15.7. The van der Waals surface area contributed by atoms with Crippen LogP contribution in [0.3, 0.4) is 0 Å². The summed E-state index contributed by atoms with van der Waals surface area (Å²) >= 11 is 0. The molecule has 5 aliphatic carbocycles. The Bertz CT molecular complexity index is 1040. The van der Waals surface area contributed by atoms with Crippen LogP contribution >= 0.6 is 0 Å². The van der Waals surface area contributed by atoms with Gasteiger partial charge >= 0.3 is 12.1 Å². The number of carbonyl (C=O) groups excluding carboxylic acids is 2. The number of fused-ring (bicyclic) bond motifs is 4. The number of hydrogen-bond acceptors (Lipinski definition) is 5. The number of amides is 1. The van der Waals surface area contributed by atoms with E-state index in [-0.39, 0.29) is 47.8 Å². The Balaban J connectivity index is 1.23. The smallest absolute Gasteiger partial charge is 0.409 e. The second-order valence-electron chi connectivity index (χ2n) is 16.5. The first-order valence-electron chi connectivity index (χ1n) is 16.4. The van der Waals surface area contributed by atoms with E-state index >= 15 is 0 Å². The lowest BCUT2D eigenvalue weighted by molar-refractivity contribution is -0.176. The zero-order chi connectivity index (χ0) is 29.0. The Morgan fingerprint density at radius 2 is 1.68 bits per heavy atom. The van der Waals surface area contributed by atoms with E-state index in [9.17, 15) is 9.59 Å². The molecular formula is C34H55NO5. The van der Waals surface area contributed by atoms with E-state index in [1.165, 1.54) is 49.8 Å². The summed E-state index contributed by atoms with van der Waals surface area (Å²) in [5.74, 6) is 3.40. The average Bonchev–Trinajstić information content (AvgIpc) is 3.42. The fraction of sp³-hybridized carbons (Fsp3) is 0.941. The molecule has 0 aromatic carbocycles. The second-order valence-corrected chi connectivity index (χ2v) is 16.5. The maximum absolute atomic E-state index is 12.5. The molecule has 226 valence electrons. The zero-order valence-corrected chi connectivity index (χ0v) is 26.6. The van der Waals surface area contributed by atoms with Gasteiger partial charge in [-0.1, -0.05) is 41.5 Å². The first-order chi connectivity index (χ1) is 18.7. The van der Waals surface area contributed by atoms with E-state index in [0.29, 0.717) is 39.9 Å². The number of hydrogen-bond donors (Lipinski definition) is 0. The molecule has 0 N–H and O–H groups in total. The molecule has 6 fully saturated rings. The van der Waals surface area contributed by atoms with Gasteiger partial charge in [0.15, 0.2) is 0 Å². The predicted octanol–water partition coefficient (Wildman–Crippen LogP) is 7.09. The Hall–Kier alpha value is -1.30. The van der Waals surface area contributed by atoms with Crippen LogP contribution in [-0.4, -0.2) is 55.5 Å². The highest BCUT2D eigenvalue weighted by Gasteiger charge is 2.81. The molecule has 40 heavy (non-hydrogen) atoms. The summed E-state index contributed by atoms with van der Waals surface area (Å²) in [7, 11) is 3.50. The molecule has 0 aromatic rings. The van der Waals surface area contributed by atoms with Crippen molar-refractivity contribution in [3.05, 3.63) is 0 Å². The number of rotatable bonds is 4. The highest BCUT2D eigenvalue weighted by Crippen LogP contribution is 2.87. The quantitative estimate of drug-likeness (QED) is 0.345. The van der Waals surface area contributed by atoms with Gasteiger partial charge in [-0.05, 0) is 110 Å². The minimum atomic E-state index is -0.270. The minimum Gasteiger partial charge on any atom is -0.462 e. The maximum Gasteiger partial charge on any atom is 0.409 e. The van der Waals surface area contributed by atoms with Crippen molar-refractivity contribution < 1.29 is 23.8 Å². The summed E-state index contributed by atoms with van der Waals surface area (Å²) in [6.07, 6.45) is 10.9. The molecule has 6 nitrogen and oxygen atoms in total. The van der Waals surface area contributed by atoms with Crippen LogP contribution < -0.4 is 0 Å². The van der Waals surface area contributed by atoms with E-state index in [0.717, 1.165) is 18.8 Å². The summed E-state index contributed by atoms with van der Waals surface area (Å²) in [5, 5.41) is 0. The zero-order valence-electron chi connectivity index (χ0n) is 26.6. The van der Waals surface area contributed by atoms with Gasteiger partial charge in [0.25, 0.3) is 0 Å². The van der Waals surface area contributed by atoms with Crippen molar-refractivity contribution in [2.24, 2.45) is 57.2 Å². The first-order valence-corrected chi connectivity index (χ1v) is 16.4. The molecular weight excluding hydrogens is 502 g/mol. The monoisotopic (exact) mass is 557 g/mol. The Kier molecular flexibility index (Phi) is 6.73. The molecule has 1 amide bonds.